The van der Waals surface area contributed by atoms with Gasteiger partial charge in [-0.2, -0.15) is 0 Å². The molecule has 0 aliphatic carbocycles. The number of Topliss-reactive ketones (excluding diaryl/α,β-unsaturated/α-hetero) is 1. The maximum Gasteiger partial charge on any atom is 0.417 e. The minimum Gasteiger partial charge on any atom is -0.466 e. The van der Waals surface area contributed by atoms with Crippen LogP contribution in [0.1, 0.15) is 41.0 Å². The number of esters is 1. The van der Waals surface area contributed by atoms with E-state index in [1.165, 1.54) is 19.1 Å². The summed E-state index contributed by atoms with van der Waals surface area (Å²) in [7, 11) is 0. The quantitative estimate of drug-likeness (QED) is 0.717. The molecule has 0 aromatic carbocycles. The Labute approximate surface area is 135 Å². The molecule has 0 spiro atoms. The fourth-order valence-corrected chi connectivity index (χ4v) is 2.23. The first-order chi connectivity index (χ1) is 10.6. The van der Waals surface area contributed by atoms with Crippen LogP contribution in [0.15, 0.2) is 12.2 Å². The predicted molar refractivity (Wildman–Crippen MR) is 81.4 cm³/mol. The number of hydrogen-bond acceptors (Lipinski definition) is 6. The molecule has 7 nitrogen and oxygen atoms in total. The maximum absolute atomic E-state index is 12.3. The van der Waals surface area contributed by atoms with Gasteiger partial charge in [0.05, 0.1) is 18.6 Å². The highest BCUT2D eigenvalue weighted by molar-refractivity contribution is 6.02. The minimum absolute atomic E-state index is 0.125. The standard InChI is InChI=1S/C16H23NO6/c1-6-22-14(20)11(9-10(2)18)12-7-8-13(19)17(12)15(21)23-16(3,4)5/h7-8,11-12H,6,9H2,1-5H3/t11-,12-/m1/s1. The van der Waals surface area contributed by atoms with Crippen molar-refractivity contribution in [3.63, 3.8) is 0 Å². The normalized spacial score (nSPS) is 18.7. The van der Waals surface area contributed by atoms with Crippen molar-refractivity contribution in [2.45, 2.75) is 52.7 Å². The molecule has 2 atom stereocenters. The molecule has 1 aliphatic rings. The Morgan fingerprint density at radius 3 is 2.39 bits per heavy atom. The summed E-state index contributed by atoms with van der Waals surface area (Å²) in [6, 6.07) is -0.889. The Morgan fingerprint density at radius 2 is 1.91 bits per heavy atom. The maximum atomic E-state index is 12.3. The largest absolute Gasteiger partial charge is 0.466 e. The molecule has 1 aliphatic heterocycles. The smallest absolute Gasteiger partial charge is 0.417 e. The third-order valence-corrected chi connectivity index (χ3v) is 3.07. The first kappa shape index (κ1) is 18.9. The molecule has 0 aromatic heterocycles. The summed E-state index contributed by atoms with van der Waals surface area (Å²) in [5.41, 5.74) is -0.787. The van der Waals surface area contributed by atoms with Crippen LogP contribution in [0.5, 0.6) is 0 Å². The molecule has 0 fully saturated rings. The highest BCUT2D eigenvalue weighted by Crippen LogP contribution is 2.26. The van der Waals surface area contributed by atoms with Gasteiger partial charge in [-0.25, -0.2) is 9.69 Å². The van der Waals surface area contributed by atoms with Gasteiger partial charge in [0.2, 0.25) is 0 Å². The molecule has 1 rings (SSSR count). The van der Waals surface area contributed by atoms with E-state index in [1.807, 2.05) is 0 Å². The molecule has 7 heteroatoms. The van der Waals surface area contributed by atoms with E-state index >= 15 is 0 Å². The van der Waals surface area contributed by atoms with Crippen molar-refractivity contribution in [1.29, 1.82) is 0 Å². The van der Waals surface area contributed by atoms with Gasteiger partial charge in [0.25, 0.3) is 5.91 Å². The van der Waals surface area contributed by atoms with Gasteiger partial charge in [-0.3, -0.25) is 9.59 Å². The van der Waals surface area contributed by atoms with Gasteiger partial charge in [0.1, 0.15) is 11.4 Å². The van der Waals surface area contributed by atoms with E-state index in [0.717, 1.165) is 4.90 Å². The van der Waals surface area contributed by atoms with Crippen molar-refractivity contribution in [3.05, 3.63) is 12.2 Å². The molecule has 1 heterocycles. The van der Waals surface area contributed by atoms with Gasteiger partial charge in [-0.15, -0.1) is 0 Å². The molecule has 128 valence electrons. The summed E-state index contributed by atoms with van der Waals surface area (Å²) in [6.45, 7) is 8.14. The number of ketones is 1. The second kappa shape index (κ2) is 7.39. The molecule has 0 unspecified atom stereocenters. The van der Waals surface area contributed by atoms with Gasteiger partial charge in [0.15, 0.2) is 0 Å². The van der Waals surface area contributed by atoms with E-state index in [4.69, 9.17) is 9.47 Å². The molecule has 0 saturated carbocycles. The Bertz CT molecular complexity index is 531. The zero-order chi connectivity index (χ0) is 17.8. The van der Waals surface area contributed by atoms with Crippen LogP contribution in [0.4, 0.5) is 4.79 Å². The second-order valence-corrected chi connectivity index (χ2v) is 6.30. The van der Waals surface area contributed by atoms with Gasteiger partial charge in [-0.05, 0) is 34.6 Å². The summed E-state index contributed by atoms with van der Waals surface area (Å²) in [4.78, 5) is 48.7. The van der Waals surface area contributed by atoms with Crippen molar-refractivity contribution >= 4 is 23.8 Å². The SMILES string of the molecule is CCOC(=O)[C@H](CC(C)=O)[C@H]1C=CC(=O)N1C(=O)OC(C)(C)C. The molecule has 0 bridgehead atoms. The van der Waals surface area contributed by atoms with Gasteiger partial charge < -0.3 is 14.3 Å². The van der Waals surface area contributed by atoms with E-state index in [9.17, 15) is 19.2 Å². The van der Waals surface area contributed by atoms with E-state index < -0.39 is 35.5 Å². The van der Waals surface area contributed by atoms with E-state index in [0.29, 0.717) is 0 Å². The van der Waals surface area contributed by atoms with Crippen molar-refractivity contribution in [2.75, 3.05) is 6.61 Å². The lowest BCUT2D eigenvalue weighted by molar-refractivity contribution is -0.151. The van der Waals surface area contributed by atoms with Crippen LogP contribution in [-0.2, 0) is 23.9 Å². The zero-order valence-electron chi connectivity index (χ0n) is 14.1. The number of imide groups is 1. The van der Waals surface area contributed by atoms with Crippen LogP contribution in [-0.4, -0.2) is 46.9 Å². The highest BCUT2D eigenvalue weighted by Gasteiger charge is 2.42. The van der Waals surface area contributed by atoms with Crippen LogP contribution >= 0.6 is 0 Å². The molecular weight excluding hydrogens is 302 g/mol. The third kappa shape index (κ3) is 5.19. The molecular formula is C16H23NO6. The van der Waals surface area contributed by atoms with Gasteiger partial charge >= 0.3 is 12.1 Å². The Hall–Kier alpha value is -2.18. The number of nitrogens with zero attached hydrogens (tertiary/aromatic N) is 1. The summed E-state index contributed by atoms with van der Waals surface area (Å²) in [5, 5.41) is 0. The second-order valence-electron chi connectivity index (χ2n) is 6.30. The molecule has 0 N–H and O–H groups in total. The zero-order valence-corrected chi connectivity index (χ0v) is 14.1. The van der Waals surface area contributed by atoms with Crippen molar-refractivity contribution in [1.82, 2.24) is 4.90 Å². The third-order valence-electron chi connectivity index (χ3n) is 3.07. The Balaban J connectivity index is 3.05. The molecule has 0 aromatic rings. The fraction of sp³-hybridized carbons (Fsp3) is 0.625. The van der Waals surface area contributed by atoms with Crippen LogP contribution in [0.25, 0.3) is 0 Å². The lowest BCUT2D eigenvalue weighted by Crippen LogP contribution is -2.48. The number of carbonyl (C=O) groups is 4. The van der Waals surface area contributed by atoms with Crippen LogP contribution in [0.3, 0.4) is 0 Å². The number of amides is 2. The fourth-order valence-electron chi connectivity index (χ4n) is 2.23. The molecule has 0 saturated heterocycles. The van der Waals surface area contributed by atoms with Crippen LogP contribution < -0.4 is 0 Å². The van der Waals surface area contributed by atoms with Crippen molar-refractivity contribution < 1.29 is 28.7 Å². The van der Waals surface area contributed by atoms with Gasteiger partial charge in [-0.1, -0.05) is 6.08 Å². The van der Waals surface area contributed by atoms with E-state index in [2.05, 4.69) is 0 Å². The summed E-state index contributed by atoms with van der Waals surface area (Å²) in [5.74, 6) is -2.38. The van der Waals surface area contributed by atoms with E-state index in [-0.39, 0.29) is 18.8 Å². The first-order valence-electron chi connectivity index (χ1n) is 7.47. The lowest BCUT2D eigenvalue weighted by Gasteiger charge is -2.30. The summed E-state index contributed by atoms with van der Waals surface area (Å²) < 4.78 is 10.2. The lowest BCUT2D eigenvalue weighted by atomic mass is 9.94. The first-order valence-corrected chi connectivity index (χ1v) is 7.47. The van der Waals surface area contributed by atoms with Crippen molar-refractivity contribution in [3.8, 4) is 0 Å². The Morgan fingerprint density at radius 1 is 1.30 bits per heavy atom. The summed E-state index contributed by atoms with van der Waals surface area (Å²) in [6.07, 6.45) is 1.65. The van der Waals surface area contributed by atoms with Crippen LogP contribution in [0.2, 0.25) is 0 Å². The van der Waals surface area contributed by atoms with Crippen LogP contribution in [0, 0.1) is 5.92 Å². The number of rotatable bonds is 5. The highest BCUT2D eigenvalue weighted by atomic mass is 16.6. The van der Waals surface area contributed by atoms with Gasteiger partial charge in [0, 0.05) is 12.5 Å². The van der Waals surface area contributed by atoms with E-state index in [1.54, 1.807) is 27.7 Å². The molecule has 23 heavy (non-hydrogen) atoms. The van der Waals surface area contributed by atoms with Crippen molar-refractivity contribution in [2.24, 2.45) is 5.92 Å². The molecule has 0 radical (unpaired) electrons. The predicted octanol–water partition coefficient (Wildman–Crippen LogP) is 1.85. The Kier molecular flexibility index (Phi) is 6.06. The monoisotopic (exact) mass is 325 g/mol. The average Bonchev–Trinajstić information content (AvgIpc) is 2.75. The number of hydrogen-bond donors (Lipinski definition) is 0. The minimum atomic E-state index is -0.942. The number of carbonyl (C=O) groups excluding carboxylic acids is 4. The topological polar surface area (TPSA) is 90.0 Å². The summed E-state index contributed by atoms with van der Waals surface area (Å²) >= 11 is 0. The molecule has 2 amide bonds. The number of ether oxygens (including phenoxy) is 2. The average molecular weight is 325 g/mol.